The van der Waals surface area contributed by atoms with Gasteiger partial charge >= 0.3 is 0 Å². The van der Waals surface area contributed by atoms with Crippen molar-refractivity contribution in [2.75, 3.05) is 27.2 Å². The van der Waals surface area contributed by atoms with Crippen molar-refractivity contribution in [3.8, 4) is 0 Å². The van der Waals surface area contributed by atoms with Crippen molar-refractivity contribution < 1.29 is 4.79 Å². The van der Waals surface area contributed by atoms with Gasteiger partial charge in [0.15, 0.2) is 0 Å². The molecule has 0 radical (unpaired) electrons. The third-order valence-corrected chi connectivity index (χ3v) is 3.77. The van der Waals surface area contributed by atoms with Crippen LogP contribution < -0.4 is 5.43 Å². The zero-order chi connectivity index (χ0) is 13.7. The molecule has 4 heteroatoms. The lowest BCUT2D eigenvalue weighted by Gasteiger charge is -2.35. The van der Waals surface area contributed by atoms with E-state index in [1.807, 2.05) is 30.3 Å². The zero-order valence-electron chi connectivity index (χ0n) is 11.8. The number of amides is 1. The number of carbonyl (C=O) groups excluding carboxylic acids is 1. The molecule has 19 heavy (non-hydrogen) atoms. The maximum absolute atomic E-state index is 12.6. The first-order valence-electron chi connectivity index (χ1n) is 6.98. The van der Waals surface area contributed by atoms with Crippen LogP contribution in [0.1, 0.15) is 30.9 Å². The van der Waals surface area contributed by atoms with Gasteiger partial charge in [-0.3, -0.25) is 14.7 Å². The van der Waals surface area contributed by atoms with E-state index in [4.69, 9.17) is 0 Å². The molecule has 0 spiro atoms. The lowest BCUT2D eigenvalue weighted by atomic mass is 10.0. The van der Waals surface area contributed by atoms with Gasteiger partial charge in [-0.1, -0.05) is 36.8 Å². The third kappa shape index (κ3) is 3.33. The first-order chi connectivity index (χ1) is 9.24. The molecule has 1 aliphatic heterocycles. The van der Waals surface area contributed by atoms with Crippen LogP contribution in [0.25, 0.3) is 0 Å². The molecule has 0 aliphatic carbocycles. The summed E-state index contributed by atoms with van der Waals surface area (Å²) in [7, 11) is 3.55. The fourth-order valence-corrected chi connectivity index (χ4v) is 2.62. The lowest BCUT2D eigenvalue weighted by Crippen LogP contribution is -2.47. The van der Waals surface area contributed by atoms with Crippen LogP contribution in [0.5, 0.6) is 0 Å². The summed E-state index contributed by atoms with van der Waals surface area (Å²) in [5, 5.41) is 1.58. The average Bonchev–Trinajstić information content (AvgIpc) is 2.49. The van der Waals surface area contributed by atoms with E-state index in [1.54, 1.807) is 19.1 Å². The summed E-state index contributed by atoms with van der Waals surface area (Å²) in [6.07, 6.45) is 3.63. The largest absolute Gasteiger partial charge is 0.288 e. The maximum atomic E-state index is 12.6. The third-order valence-electron chi connectivity index (χ3n) is 3.77. The number of rotatable bonds is 4. The van der Waals surface area contributed by atoms with Crippen molar-refractivity contribution in [2.24, 2.45) is 0 Å². The van der Waals surface area contributed by atoms with Crippen LogP contribution in [0.4, 0.5) is 0 Å². The molecular weight excluding hydrogens is 238 g/mol. The van der Waals surface area contributed by atoms with E-state index in [0.29, 0.717) is 0 Å². The average molecular weight is 261 g/mol. The summed E-state index contributed by atoms with van der Waals surface area (Å²) in [5.74, 6) is 0.107. The standard InChI is InChI=1S/C15H23N3O/c1-16-17(2)15(19)14(13-9-5-3-6-10-13)18-11-7-4-8-12-18/h3,5-6,9-10,14,16H,4,7-8,11-12H2,1-2H3/t14-/m0/s1. The molecule has 1 atom stereocenters. The maximum Gasteiger partial charge on any atom is 0.258 e. The van der Waals surface area contributed by atoms with Crippen molar-refractivity contribution in [3.05, 3.63) is 35.9 Å². The van der Waals surface area contributed by atoms with Crippen molar-refractivity contribution in [3.63, 3.8) is 0 Å². The first kappa shape index (κ1) is 14.0. The normalized spacial score (nSPS) is 18.0. The minimum Gasteiger partial charge on any atom is -0.288 e. The Kier molecular flexibility index (Phi) is 4.93. The Morgan fingerprint density at radius 3 is 2.42 bits per heavy atom. The second-order valence-electron chi connectivity index (χ2n) is 5.03. The van der Waals surface area contributed by atoms with Crippen LogP contribution in [-0.4, -0.2) is 43.0 Å². The summed E-state index contributed by atoms with van der Waals surface area (Å²) in [5.41, 5.74) is 3.99. The molecular formula is C15H23N3O. The van der Waals surface area contributed by atoms with Gasteiger partial charge in [0.25, 0.3) is 5.91 Å². The Morgan fingerprint density at radius 2 is 1.84 bits per heavy atom. The van der Waals surface area contributed by atoms with E-state index in [-0.39, 0.29) is 11.9 Å². The molecule has 0 aromatic heterocycles. The van der Waals surface area contributed by atoms with Crippen LogP contribution in [0.2, 0.25) is 0 Å². The van der Waals surface area contributed by atoms with E-state index in [2.05, 4.69) is 10.3 Å². The highest BCUT2D eigenvalue weighted by Crippen LogP contribution is 2.25. The minimum absolute atomic E-state index is 0.107. The topological polar surface area (TPSA) is 35.6 Å². The molecule has 2 rings (SSSR count). The molecule has 1 fully saturated rings. The molecule has 104 valence electrons. The number of hydrogen-bond donors (Lipinski definition) is 1. The van der Waals surface area contributed by atoms with Crippen LogP contribution in [0, 0.1) is 0 Å². The molecule has 1 N–H and O–H groups in total. The van der Waals surface area contributed by atoms with Crippen molar-refractivity contribution in [1.29, 1.82) is 0 Å². The van der Waals surface area contributed by atoms with E-state index in [1.165, 1.54) is 19.3 Å². The van der Waals surface area contributed by atoms with Gasteiger partial charge in [-0.05, 0) is 31.5 Å². The van der Waals surface area contributed by atoms with Crippen LogP contribution in [-0.2, 0) is 4.79 Å². The highest BCUT2D eigenvalue weighted by atomic mass is 16.2. The summed E-state index contributed by atoms with van der Waals surface area (Å²) in [6, 6.07) is 9.90. The van der Waals surface area contributed by atoms with E-state index < -0.39 is 0 Å². The van der Waals surface area contributed by atoms with Crippen LogP contribution >= 0.6 is 0 Å². The van der Waals surface area contributed by atoms with E-state index in [9.17, 15) is 4.79 Å². The number of nitrogens with zero attached hydrogens (tertiary/aromatic N) is 2. The van der Waals surface area contributed by atoms with Crippen molar-refractivity contribution in [1.82, 2.24) is 15.3 Å². The molecule has 1 aliphatic rings. The predicted molar refractivity (Wildman–Crippen MR) is 76.4 cm³/mol. The summed E-state index contributed by atoms with van der Waals surface area (Å²) < 4.78 is 0. The monoisotopic (exact) mass is 261 g/mol. The van der Waals surface area contributed by atoms with Gasteiger partial charge in [-0.15, -0.1) is 0 Å². The van der Waals surface area contributed by atoms with Crippen molar-refractivity contribution in [2.45, 2.75) is 25.3 Å². The quantitative estimate of drug-likeness (QED) is 0.840. The highest BCUT2D eigenvalue weighted by Gasteiger charge is 2.30. The SMILES string of the molecule is CNN(C)C(=O)[C@H](c1ccccc1)N1CCCCC1. The van der Waals surface area contributed by atoms with Gasteiger partial charge in [0, 0.05) is 14.1 Å². The first-order valence-corrected chi connectivity index (χ1v) is 6.98. The number of carbonyl (C=O) groups is 1. The van der Waals surface area contributed by atoms with Crippen molar-refractivity contribution >= 4 is 5.91 Å². The van der Waals surface area contributed by atoms with Gasteiger partial charge in [-0.25, -0.2) is 5.43 Å². The van der Waals surface area contributed by atoms with Gasteiger partial charge < -0.3 is 0 Å². The molecule has 1 heterocycles. The lowest BCUT2D eigenvalue weighted by molar-refractivity contribution is -0.139. The fraction of sp³-hybridized carbons (Fsp3) is 0.533. The van der Waals surface area contributed by atoms with Gasteiger partial charge in [0.05, 0.1) is 0 Å². The molecule has 4 nitrogen and oxygen atoms in total. The Hall–Kier alpha value is -1.39. The number of hydrogen-bond acceptors (Lipinski definition) is 3. The fourth-order valence-electron chi connectivity index (χ4n) is 2.62. The molecule has 0 bridgehead atoms. The summed E-state index contributed by atoms with van der Waals surface area (Å²) in [4.78, 5) is 14.9. The summed E-state index contributed by atoms with van der Waals surface area (Å²) >= 11 is 0. The van der Waals surface area contributed by atoms with E-state index >= 15 is 0 Å². The Morgan fingerprint density at radius 1 is 1.21 bits per heavy atom. The number of likely N-dealkylation sites (tertiary alicyclic amines) is 1. The minimum atomic E-state index is -0.168. The number of likely N-dealkylation sites (N-methyl/N-ethyl adjacent to an activating group) is 1. The van der Waals surface area contributed by atoms with Gasteiger partial charge in [0.2, 0.25) is 0 Å². The Bertz CT molecular complexity index is 401. The smallest absolute Gasteiger partial charge is 0.258 e. The Labute approximate surface area is 115 Å². The predicted octanol–water partition coefficient (Wildman–Crippen LogP) is 1.81. The van der Waals surface area contributed by atoms with Crippen LogP contribution in [0.3, 0.4) is 0 Å². The second-order valence-corrected chi connectivity index (χ2v) is 5.03. The molecule has 1 aromatic rings. The summed E-state index contributed by atoms with van der Waals surface area (Å²) in [6.45, 7) is 2.01. The van der Waals surface area contributed by atoms with Gasteiger partial charge in [-0.2, -0.15) is 0 Å². The van der Waals surface area contributed by atoms with Crippen LogP contribution in [0.15, 0.2) is 30.3 Å². The molecule has 1 saturated heterocycles. The Balaban J connectivity index is 2.24. The second kappa shape index (κ2) is 6.68. The number of nitrogens with one attached hydrogen (secondary N) is 1. The molecule has 1 aromatic carbocycles. The van der Waals surface area contributed by atoms with Gasteiger partial charge in [0.1, 0.15) is 6.04 Å². The zero-order valence-corrected chi connectivity index (χ0v) is 11.8. The number of hydrazine groups is 1. The van der Waals surface area contributed by atoms with E-state index in [0.717, 1.165) is 18.7 Å². The number of benzene rings is 1. The molecule has 0 unspecified atom stereocenters. The highest BCUT2D eigenvalue weighted by molar-refractivity contribution is 5.82. The number of piperidine rings is 1. The molecule has 0 saturated carbocycles. The molecule has 1 amide bonds.